The molecule has 0 aromatic heterocycles. The van der Waals surface area contributed by atoms with Gasteiger partial charge in [-0.1, -0.05) is 13.8 Å². The van der Waals surface area contributed by atoms with Crippen molar-refractivity contribution in [2.24, 2.45) is 0 Å². The van der Waals surface area contributed by atoms with E-state index in [9.17, 15) is 0 Å². The molecule has 0 aromatic rings. The summed E-state index contributed by atoms with van der Waals surface area (Å²) in [6, 6.07) is 0. The van der Waals surface area contributed by atoms with Gasteiger partial charge in [0.25, 0.3) is 0 Å². The van der Waals surface area contributed by atoms with Crippen LogP contribution in [0.15, 0.2) is 0 Å². The van der Waals surface area contributed by atoms with Crippen molar-refractivity contribution in [1.82, 2.24) is 5.32 Å². The molecule has 2 aliphatic heterocycles. The van der Waals surface area contributed by atoms with Crippen molar-refractivity contribution in [2.45, 2.75) is 49.3 Å². The van der Waals surface area contributed by atoms with Crippen LogP contribution in [0, 0.1) is 0 Å². The van der Waals surface area contributed by atoms with Gasteiger partial charge in [-0.25, -0.2) is 0 Å². The summed E-state index contributed by atoms with van der Waals surface area (Å²) in [7, 11) is 0. The molecule has 0 aromatic carbocycles. The summed E-state index contributed by atoms with van der Waals surface area (Å²) in [6.07, 6.45) is 4.01. The molecule has 2 fully saturated rings. The van der Waals surface area contributed by atoms with Crippen LogP contribution in [0.5, 0.6) is 0 Å². The standard InChI is InChI=1S/C10H19NOS/c1-3-9-6-10(4-5-12-9)11-7-8(2)13-10/h8-9,11H,3-7H2,1-2H3. The summed E-state index contributed by atoms with van der Waals surface area (Å²) in [6.45, 7) is 6.63. The zero-order chi connectivity index (χ0) is 9.31. The Morgan fingerprint density at radius 1 is 1.62 bits per heavy atom. The smallest absolute Gasteiger partial charge is 0.0695 e. The Hall–Kier alpha value is 0.270. The maximum Gasteiger partial charge on any atom is 0.0695 e. The van der Waals surface area contributed by atoms with Crippen molar-refractivity contribution in [3.05, 3.63) is 0 Å². The highest BCUT2D eigenvalue weighted by atomic mass is 32.2. The summed E-state index contributed by atoms with van der Waals surface area (Å²) in [5.41, 5.74) is 0. The summed E-state index contributed by atoms with van der Waals surface area (Å²) in [5, 5.41) is 4.44. The summed E-state index contributed by atoms with van der Waals surface area (Å²) >= 11 is 2.12. The zero-order valence-corrected chi connectivity index (χ0v) is 9.32. The van der Waals surface area contributed by atoms with Gasteiger partial charge in [0.1, 0.15) is 0 Å². The lowest BCUT2D eigenvalue weighted by Crippen LogP contribution is -2.45. The van der Waals surface area contributed by atoms with Crippen LogP contribution in [0.1, 0.15) is 33.1 Å². The summed E-state index contributed by atoms with van der Waals surface area (Å²) in [5.74, 6) is 0. The van der Waals surface area contributed by atoms with Gasteiger partial charge in [-0.15, -0.1) is 11.8 Å². The molecule has 3 atom stereocenters. The number of hydrogen-bond donors (Lipinski definition) is 1. The minimum Gasteiger partial charge on any atom is -0.378 e. The Kier molecular flexibility index (Phi) is 2.86. The van der Waals surface area contributed by atoms with Gasteiger partial charge >= 0.3 is 0 Å². The lowest BCUT2D eigenvalue weighted by Gasteiger charge is -2.37. The minimum absolute atomic E-state index is 0.359. The van der Waals surface area contributed by atoms with Crippen molar-refractivity contribution in [3.63, 3.8) is 0 Å². The highest BCUT2D eigenvalue weighted by molar-refractivity contribution is 8.01. The van der Waals surface area contributed by atoms with Crippen LogP contribution in [0.3, 0.4) is 0 Å². The van der Waals surface area contributed by atoms with Gasteiger partial charge < -0.3 is 10.1 Å². The maximum atomic E-state index is 5.70. The topological polar surface area (TPSA) is 21.3 Å². The molecule has 3 unspecified atom stereocenters. The van der Waals surface area contributed by atoms with E-state index >= 15 is 0 Å². The Bertz CT molecular complexity index is 184. The quantitative estimate of drug-likeness (QED) is 0.701. The largest absolute Gasteiger partial charge is 0.378 e. The van der Waals surface area contributed by atoms with Crippen LogP contribution in [-0.4, -0.2) is 29.4 Å². The molecule has 1 spiro atoms. The molecule has 0 amide bonds. The maximum absolute atomic E-state index is 5.70. The Labute approximate surface area is 84.8 Å². The van der Waals surface area contributed by atoms with Crippen LogP contribution in [0.25, 0.3) is 0 Å². The van der Waals surface area contributed by atoms with E-state index in [2.05, 4.69) is 30.9 Å². The molecule has 3 heteroatoms. The van der Waals surface area contributed by atoms with Gasteiger partial charge in [-0.3, -0.25) is 0 Å². The van der Waals surface area contributed by atoms with Crippen LogP contribution in [-0.2, 0) is 4.74 Å². The fourth-order valence-corrected chi connectivity index (χ4v) is 3.83. The van der Waals surface area contributed by atoms with Gasteiger partial charge in [-0.05, 0) is 12.8 Å². The molecule has 2 saturated heterocycles. The Morgan fingerprint density at radius 3 is 3.08 bits per heavy atom. The average molecular weight is 201 g/mol. The molecule has 0 saturated carbocycles. The van der Waals surface area contributed by atoms with Crippen LogP contribution >= 0.6 is 11.8 Å². The lowest BCUT2D eigenvalue weighted by molar-refractivity contribution is -0.00571. The summed E-state index contributed by atoms with van der Waals surface area (Å²) < 4.78 is 5.70. The van der Waals surface area contributed by atoms with Crippen molar-refractivity contribution >= 4 is 11.8 Å². The van der Waals surface area contributed by atoms with Crippen LogP contribution < -0.4 is 5.32 Å². The third kappa shape index (κ3) is 2.03. The van der Waals surface area contributed by atoms with Gasteiger partial charge in [0.05, 0.1) is 11.0 Å². The van der Waals surface area contributed by atoms with Crippen LogP contribution in [0.4, 0.5) is 0 Å². The van der Waals surface area contributed by atoms with Gasteiger partial charge in [-0.2, -0.15) is 0 Å². The first-order chi connectivity index (χ1) is 6.24. The number of thioether (sulfide) groups is 1. The second-order valence-corrected chi connectivity index (χ2v) is 5.98. The van der Waals surface area contributed by atoms with E-state index in [1.165, 1.54) is 19.4 Å². The first kappa shape index (κ1) is 9.81. The molecule has 2 nitrogen and oxygen atoms in total. The van der Waals surface area contributed by atoms with E-state index in [1.807, 2.05) is 0 Å². The molecular weight excluding hydrogens is 182 g/mol. The highest BCUT2D eigenvalue weighted by Gasteiger charge is 2.41. The fraction of sp³-hybridized carbons (Fsp3) is 1.00. The van der Waals surface area contributed by atoms with E-state index in [1.54, 1.807) is 0 Å². The average Bonchev–Trinajstić information content (AvgIpc) is 2.47. The fourth-order valence-electron chi connectivity index (χ4n) is 2.25. The zero-order valence-electron chi connectivity index (χ0n) is 8.51. The van der Waals surface area contributed by atoms with E-state index in [-0.39, 0.29) is 0 Å². The van der Waals surface area contributed by atoms with E-state index < -0.39 is 0 Å². The molecule has 76 valence electrons. The molecule has 2 aliphatic rings. The third-order valence-electron chi connectivity index (χ3n) is 3.01. The molecule has 0 bridgehead atoms. The second kappa shape index (κ2) is 3.79. The number of nitrogens with one attached hydrogen (secondary N) is 1. The first-order valence-electron chi connectivity index (χ1n) is 5.28. The molecule has 0 aliphatic carbocycles. The molecule has 2 heterocycles. The first-order valence-corrected chi connectivity index (χ1v) is 6.16. The molecule has 13 heavy (non-hydrogen) atoms. The normalized spacial score (nSPS) is 45.7. The number of hydrogen-bond acceptors (Lipinski definition) is 3. The predicted octanol–water partition coefficient (Wildman–Crippen LogP) is 2.00. The monoisotopic (exact) mass is 201 g/mol. The van der Waals surface area contributed by atoms with Crippen molar-refractivity contribution in [1.29, 1.82) is 0 Å². The predicted molar refractivity (Wildman–Crippen MR) is 57.1 cm³/mol. The van der Waals surface area contributed by atoms with Gasteiger partial charge in [0, 0.05) is 24.8 Å². The number of ether oxygens (including phenoxy) is 1. The molecule has 2 rings (SSSR count). The third-order valence-corrected chi connectivity index (χ3v) is 4.55. The molecule has 1 N–H and O–H groups in total. The van der Waals surface area contributed by atoms with Crippen molar-refractivity contribution in [3.8, 4) is 0 Å². The van der Waals surface area contributed by atoms with Crippen molar-refractivity contribution < 1.29 is 4.74 Å². The summed E-state index contributed by atoms with van der Waals surface area (Å²) in [4.78, 5) is 0.359. The highest BCUT2D eigenvalue weighted by Crippen LogP contribution is 2.42. The van der Waals surface area contributed by atoms with E-state index in [0.717, 1.165) is 18.3 Å². The second-order valence-electron chi connectivity index (χ2n) is 4.16. The van der Waals surface area contributed by atoms with Gasteiger partial charge in [0.15, 0.2) is 0 Å². The lowest BCUT2D eigenvalue weighted by atomic mass is 10.0. The molecule has 0 radical (unpaired) electrons. The Morgan fingerprint density at radius 2 is 2.46 bits per heavy atom. The SMILES string of the molecule is CCC1CC2(CCO1)NCC(C)S2. The van der Waals surface area contributed by atoms with Crippen LogP contribution in [0.2, 0.25) is 0 Å². The minimum atomic E-state index is 0.359. The Balaban J connectivity index is 1.98. The number of rotatable bonds is 1. The molecular formula is C10H19NOS. The van der Waals surface area contributed by atoms with E-state index in [4.69, 9.17) is 4.74 Å². The van der Waals surface area contributed by atoms with Gasteiger partial charge in [0.2, 0.25) is 0 Å². The van der Waals surface area contributed by atoms with E-state index in [0.29, 0.717) is 11.0 Å². The van der Waals surface area contributed by atoms with Crippen molar-refractivity contribution in [2.75, 3.05) is 13.2 Å².